The van der Waals surface area contributed by atoms with Crippen LogP contribution in [0.2, 0.25) is 0 Å². The minimum atomic E-state index is -0.156. The summed E-state index contributed by atoms with van der Waals surface area (Å²) in [6.45, 7) is 1.16. The zero-order chi connectivity index (χ0) is 20.2. The van der Waals surface area contributed by atoms with Gasteiger partial charge in [0.1, 0.15) is 0 Å². The van der Waals surface area contributed by atoms with E-state index in [0.29, 0.717) is 25.1 Å². The molecule has 6 nitrogen and oxygen atoms in total. The number of esters is 1. The third-order valence-corrected chi connectivity index (χ3v) is 5.38. The van der Waals surface area contributed by atoms with Gasteiger partial charge in [0.05, 0.1) is 13.0 Å². The Morgan fingerprint density at radius 3 is 2.50 bits per heavy atom. The fourth-order valence-corrected chi connectivity index (χ4v) is 3.73. The third kappa shape index (κ3) is 7.33. The number of carbonyl (C=O) groups is 3. The summed E-state index contributed by atoms with van der Waals surface area (Å²) in [4.78, 5) is 35.8. The quantitative estimate of drug-likeness (QED) is 0.477. The molecule has 2 amide bonds. The van der Waals surface area contributed by atoms with Gasteiger partial charge < -0.3 is 15.4 Å². The zero-order valence-corrected chi connectivity index (χ0v) is 16.7. The molecule has 2 unspecified atom stereocenters. The lowest BCUT2D eigenvalue weighted by atomic mass is 9.79. The van der Waals surface area contributed by atoms with Gasteiger partial charge in [-0.3, -0.25) is 14.4 Å². The van der Waals surface area contributed by atoms with E-state index < -0.39 is 0 Å². The largest absolute Gasteiger partial charge is 0.469 e. The number of carbonyl (C=O) groups excluding carboxylic acids is 3. The molecule has 2 N–H and O–H groups in total. The Morgan fingerprint density at radius 1 is 1.00 bits per heavy atom. The Kier molecular flexibility index (Phi) is 9.52. The van der Waals surface area contributed by atoms with Crippen LogP contribution in [0.4, 0.5) is 0 Å². The highest BCUT2D eigenvalue weighted by Crippen LogP contribution is 2.30. The van der Waals surface area contributed by atoms with E-state index in [1.807, 2.05) is 18.2 Å². The molecule has 0 radical (unpaired) electrons. The lowest BCUT2D eigenvalue weighted by molar-refractivity contribution is -0.148. The summed E-state index contributed by atoms with van der Waals surface area (Å²) in [6, 6.07) is 9.14. The molecular formula is C22H32N2O4. The number of unbranched alkanes of at least 4 members (excludes halogenated alkanes) is 2. The van der Waals surface area contributed by atoms with E-state index >= 15 is 0 Å². The van der Waals surface area contributed by atoms with Crippen LogP contribution in [0.25, 0.3) is 0 Å². The maximum absolute atomic E-state index is 12.1. The number of hydrogen-bond donors (Lipinski definition) is 2. The molecule has 1 aliphatic rings. The molecule has 0 saturated heterocycles. The SMILES string of the molecule is COC(=O)C1CCCCC1CNC(=O)CCCCCNC(=O)c1ccccc1. The van der Waals surface area contributed by atoms with Crippen molar-refractivity contribution >= 4 is 17.8 Å². The highest BCUT2D eigenvalue weighted by molar-refractivity contribution is 5.94. The van der Waals surface area contributed by atoms with Gasteiger partial charge in [-0.2, -0.15) is 0 Å². The number of ether oxygens (including phenoxy) is 1. The topological polar surface area (TPSA) is 84.5 Å². The van der Waals surface area contributed by atoms with Gasteiger partial charge >= 0.3 is 5.97 Å². The standard InChI is InChI=1S/C22H32N2O4/c1-28-22(27)19-13-8-7-12-18(19)16-24-20(25)14-6-3-9-15-23-21(26)17-10-4-2-5-11-17/h2,4-5,10-11,18-19H,3,6-9,12-16H2,1H3,(H,23,26)(H,24,25). The van der Waals surface area contributed by atoms with Crippen molar-refractivity contribution in [1.82, 2.24) is 10.6 Å². The molecule has 2 atom stereocenters. The average Bonchev–Trinajstić information content (AvgIpc) is 2.74. The van der Waals surface area contributed by atoms with E-state index in [4.69, 9.17) is 4.74 Å². The van der Waals surface area contributed by atoms with Gasteiger partial charge in [0.15, 0.2) is 0 Å². The molecule has 154 valence electrons. The summed E-state index contributed by atoms with van der Waals surface area (Å²) < 4.78 is 4.89. The second-order valence-corrected chi connectivity index (χ2v) is 7.41. The van der Waals surface area contributed by atoms with Crippen molar-refractivity contribution in [3.05, 3.63) is 35.9 Å². The maximum atomic E-state index is 12.1. The van der Waals surface area contributed by atoms with Crippen LogP contribution in [0, 0.1) is 11.8 Å². The molecule has 1 saturated carbocycles. The molecule has 0 aliphatic heterocycles. The highest BCUT2D eigenvalue weighted by atomic mass is 16.5. The number of nitrogens with one attached hydrogen (secondary N) is 2. The summed E-state index contributed by atoms with van der Waals surface area (Å²) in [5.41, 5.74) is 0.662. The van der Waals surface area contributed by atoms with E-state index in [1.165, 1.54) is 7.11 Å². The van der Waals surface area contributed by atoms with Crippen LogP contribution in [-0.2, 0) is 14.3 Å². The van der Waals surface area contributed by atoms with Crippen LogP contribution in [0.5, 0.6) is 0 Å². The van der Waals surface area contributed by atoms with Gasteiger partial charge in [0, 0.05) is 25.1 Å². The Morgan fingerprint density at radius 2 is 1.75 bits per heavy atom. The number of hydrogen-bond acceptors (Lipinski definition) is 4. The van der Waals surface area contributed by atoms with E-state index in [2.05, 4.69) is 10.6 Å². The Bertz CT molecular complexity index is 633. The predicted octanol–water partition coefficient (Wildman–Crippen LogP) is 3.07. The van der Waals surface area contributed by atoms with Crippen LogP contribution in [0.1, 0.15) is 61.7 Å². The zero-order valence-electron chi connectivity index (χ0n) is 16.7. The fourth-order valence-electron chi connectivity index (χ4n) is 3.73. The number of amides is 2. The monoisotopic (exact) mass is 388 g/mol. The summed E-state index contributed by atoms with van der Waals surface area (Å²) in [7, 11) is 1.43. The average molecular weight is 389 g/mol. The van der Waals surface area contributed by atoms with E-state index in [0.717, 1.165) is 44.9 Å². The number of methoxy groups -OCH3 is 1. The van der Waals surface area contributed by atoms with Crippen molar-refractivity contribution in [3.63, 3.8) is 0 Å². The van der Waals surface area contributed by atoms with Crippen LogP contribution < -0.4 is 10.6 Å². The molecule has 0 spiro atoms. The van der Waals surface area contributed by atoms with Gasteiger partial charge in [0.25, 0.3) is 5.91 Å². The Labute approximate surface area is 167 Å². The summed E-state index contributed by atoms with van der Waals surface area (Å²) in [5, 5.41) is 5.87. The Balaban J connectivity index is 1.55. The first-order valence-electron chi connectivity index (χ1n) is 10.3. The van der Waals surface area contributed by atoms with Crippen molar-refractivity contribution in [2.75, 3.05) is 20.2 Å². The van der Waals surface area contributed by atoms with E-state index in [1.54, 1.807) is 12.1 Å². The molecule has 1 aromatic carbocycles. The molecule has 28 heavy (non-hydrogen) atoms. The maximum Gasteiger partial charge on any atom is 0.309 e. The predicted molar refractivity (Wildman–Crippen MR) is 108 cm³/mol. The first-order chi connectivity index (χ1) is 13.6. The van der Waals surface area contributed by atoms with Crippen molar-refractivity contribution in [2.24, 2.45) is 11.8 Å². The van der Waals surface area contributed by atoms with E-state index in [9.17, 15) is 14.4 Å². The summed E-state index contributed by atoms with van der Waals surface area (Å²) in [6.07, 6.45) is 6.95. The van der Waals surface area contributed by atoms with Gasteiger partial charge in [0.2, 0.25) is 5.91 Å². The molecule has 2 rings (SSSR count). The van der Waals surface area contributed by atoms with Gasteiger partial charge in [-0.1, -0.05) is 37.5 Å². The van der Waals surface area contributed by atoms with Crippen molar-refractivity contribution in [3.8, 4) is 0 Å². The van der Waals surface area contributed by atoms with Crippen LogP contribution in [-0.4, -0.2) is 38.0 Å². The fraction of sp³-hybridized carbons (Fsp3) is 0.591. The van der Waals surface area contributed by atoms with Crippen molar-refractivity contribution < 1.29 is 19.1 Å². The lowest BCUT2D eigenvalue weighted by Crippen LogP contribution is -2.37. The smallest absolute Gasteiger partial charge is 0.309 e. The molecular weight excluding hydrogens is 356 g/mol. The molecule has 1 fully saturated rings. The molecule has 1 aliphatic carbocycles. The van der Waals surface area contributed by atoms with Crippen LogP contribution in [0.15, 0.2) is 30.3 Å². The first-order valence-corrected chi connectivity index (χ1v) is 10.3. The first kappa shape index (κ1) is 21.9. The lowest BCUT2D eigenvalue weighted by Gasteiger charge is -2.29. The molecule has 0 heterocycles. The third-order valence-electron chi connectivity index (χ3n) is 5.38. The van der Waals surface area contributed by atoms with Crippen LogP contribution >= 0.6 is 0 Å². The van der Waals surface area contributed by atoms with Crippen LogP contribution in [0.3, 0.4) is 0 Å². The molecule has 6 heteroatoms. The summed E-state index contributed by atoms with van der Waals surface area (Å²) in [5.74, 6) is -0.101. The minimum absolute atomic E-state index is 0.0301. The molecule has 0 aromatic heterocycles. The van der Waals surface area contributed by atoms with E-state index in [-0.39, 0.29) is 29.6 Å². The van der Waals surface area contributed by atoms with Crippen molar-refractivity contribution in [1.29, 1.82) is 0 Å². The van der Waals surface area contributed by atoms with Gasteiger partial charge in [-0.15, -0.1) is 0 Å². The number of benzene rings is 1. The van der Waals surface area contributed by atoms with Gasteiger partial charge in [-0.05, 0) is 43.7 Å². The minimum Gasteiger partial charge on any atom is -0.469 e. The van der Waals surface area contributed by atoms with Crippen molar-refractivity contribution in [2.45, 2.75) is 51.4 Å². The summed E-state index contributed by atoms with van der Waals surface area (Å²) >= 11 is 0. The highest BCUT2D eigenvalue weighted by Gasteiger charge is 2.31. The molecule has 1 aromatic rings. The van der Waals surface area contributed by atoms with Gasteiger partial charge in [-0.25, -0.2) is 0 Å². The second kappa shape index (κ2) is 12.2. The molecule has 0 bridgehead atoms. The Hall–Kier alpha value is -2.37. The normalized spacial score (nSPS) is 18.9. The second-order valence-electron chi connectivity index (χ2n) is 7.41. The number of rotatable bonds is 10.